The molecule has 6 nitrogen and oxygen atoms in total. The molecule has 1 aromatic carbocycles. The molecule has 3 rings (SSSR count). The Hall–Kier alpha value is -2.31. The SMILES string of the molecule is CN=C(NCCc1ccc(Cl)nc1)NCC(c1ccc(OC)cc1)N1CCCCC1. The number of rotatable bonds is 8. The molecule has 0 bridgehead atoms. The summed E-state index contributed by atoms with van der Waals surface area (Å²) in [4.78, 5) is 11.1. The van der Waals surface area contributed by atoms with Gasteiger partial charge in [0, 0.05) is 26.3 Å². The van der Waals surface area contributed by atoms with Crippen LogP contribution in [0.2, 0.25) is 5.15 Å². The lowest BCUT2D eigenvalue weighted by Gasteiger charge is -2.35. The molecule has 0 spiro atoms. The van der Waals surface area contributed by atoms with Gasteiger partial charge in [0.15, 0.2) is 5.96 Å². The van der Waals surface area contributed by atoms with Gasteiger partial charge in [0.25, 0.3) is 0 Å². The first-order valence-electron chi connectivity index (χ1n) is 10.6. The number of pyridine rings is 1. The van der Waals surface area contributed by atoms with Crippen LogP contribution >= 0.6 is 11.6 Å². The number of aliphatic imine (C=N–C) groups is 1. The van der Waals surface area contributed by atoms with Gasteiger partial charge in [0.05, 0.1) is 13.2 Å². The van der Waals surface area contributed by atoms with E-state index in [2.05, 4.69) is 37.6 Å². The second-order valence-electron chi connectivity index (χ2n) is 7.50. The molecule has 2 heterocycles. The first-order chi connectivity index (χ1) is 14.7. The van der Waals surface area contributed by atoms with Crippen molar-refractivity contribution in [1.82, 2.24) is 20.5 Å². The Morgan fingerprint density at radius 3 is 2.53 bits per heavy atom. The summed E-state index contributed by atoms with van der Waals surface area (Å²) < 4.78 is 5.33. The zero-order valence-electron chi connectivity index (χ0n) is 17.9. The third-order valence-corrected chi connectivity index (χ3v) is 5.74. The molecular formula is C23H32ClN5O. The van der Waals surface area contributed by atoms with Crippen molar-refractivity contribution in [2.24, 2.45) is 4.99 Å². The maximum atomic E-state index is 5.85. The number of aromatic nitrogens is 1. The van der Waals surface area contributed by atoms with Gasteiger partial charge in [0.1, 0.15) is 10.9 Å². The molecular weight excluding hydrogens is 398 g/mol. The minimum atomic E-state index is 0.301. The van der Waals surface area contributed by atoms with Crippen LogP contribution in [-0.2, 0) is 6.42 Å². The van der Waals surface area contributed by atoms with Gasteiger partial charge in [-0.2, -0.15) is 0 Å². The minimum absolute atomic E-state index is 0.301. The molecule has 1 unspecified atom stereocenters. The van der Waals surface area contributed by atoms with Crippen molar-refractivity contribution in [3.63, 3.8) is 0 Å². The van der Waals surface area contributed by atoms with Crippen LogP contribution in [0.25, 0.3) is 0 Å². The highest BCUT2D eigenvalue weighted by molar-refractivity contribution is 6.29. The zero-order chi connectivity index (χ0) is 21.2. The number of hydrogen-bond donors (Lipinski definition) is 2. The van der Waals surface area contributed by atoms with Crippen molar-refractivity contribution >= 4 is 17.6 Å². The van der Waals surface area contributed by atoms with Crippen LogP contribution < -0.4 is 15.4 Å². The van der Waals surface area contributed by atoms with Gasteiger partial charge in [-0.1, -0.05) is 36.2 Å². The van der Waals surface area contributed by atoms with Gasteiger partial charge in [-0.05, 0) is 61.7 Å². The predicted molar refractivity (Wildman–Crippen MR) is 123 cm³/mol. The Morgan fingerprint density at radius 2 is 1.90 bits per heavy atom. The zero-order valence-corrected chi connectivity index (χ0v) is 18.7. The molecule has 0 amide bonds. The van der Waals surface area contributed by atoms with E-state index in [1.807, 2.05) is 37.5 Å². The number of benzene rings is 1. The van der Waals surface area contributed by atoms with E-state index < -0.39 is 0 Å². The van der Waals surface area contributed by atoms with E-state index in [1.54, 1.807) is 7.11 Å². The van der Waals surface area contributed by atoms with E-state index in [9.17, 15) is 0 Å². The largest absolute Gasteiger partial charge is 0.497 e. The number of nitrogens with one attached hydrogen (secondary N) is 2. The highest BCUT2D eigenvalue weighted by atomic mass is 35.5. The van der Waals surface area contributed by atoms with E-state index in [4.69, 9.17) is 16.3 Å². The number of ether oxygens (including phenoxy) is 1. The highest BCUT2D eigenvalue weighted by Crippen LogP contribution is 2.25. The molecule has 7 heteroatoms. The van der Waals surface area contributed by atoms with Gasteiger partial charge >= 0.3 is 0 Å². The van der Waals surface area contributed by atoms with Crippen molar-refractivity contribution in [2.45, 2.75) is 31.7 Å². The van der Waals surface area contributed by atoms with Crippen LogP contribution in [0.3, 0.4) is 0 Å². The van der Waals surface area contributed by atoms with Gasteiger partial charge in [-0.25, -0.2) is 4.98 Å². The molecule has 2 aromatic rings. The summed E-state index contributed by atoms with van der Waals surface area (Å²) in [7, 11) is 3.51. The molecule has 1 aliphatic rings. The number of guanidine groups is 1. The molecule has 0 aliphatic carbocycles. The summed E-state index contributed by atoms with van der Waals surface area (Å²) >= 11 is 5.85. The Bertz CT molecular complexity index is 788. The van der Waals surface area contributed by atoms with Crippen LogP contribution in [0.5, 0.6) is 5.75 Å². The standard InChI is InChI=1S/C23H32ClN5O/c1-25-23(26-13-12-18-6-11-22(24)27-16-18)28-17-21(29-14-4-3-5-15-29)19-7-9-20(30-2)10-8-19/h6-11,16,21H,3-5,12-15,17H2,1-2H3,(H2,25,26,28). The number of halogens is 1. The van der Waals surface area contributed by atoms with E-state index >= 15 is 0 Å². The summed E-state index contributed by atoms with van der Waals surface area (Å²) in [6.07, 6.45) is 6.51. The second kappa shape index (κ2) is 11.8. The van der Waals surface area contributed by atoms with Crippen molar-refractivity contribution < 1.29 is 4.74 Å². The quantitative estimate of drug-likeness (QED) is 0.381. The summed E-state index contributed by atoms with van der Waals surface area (Å²) in [5.41, 5.74) is 2.44. The summed E-state index contributed by atoms with van der Waals surface area (Å²) in [5, 5.41) is 7.44. The third-order valence-electron chi connectivity index (χ3n) is 5.51. The van der Waals surface area contributed by atoms with Crippen LogP contribution in [0.4, 0.5) is 0 Å². The van der Waals surface area contributed by atoms with Gasteiger partial charge in [-0.3, -0.25) is 9.89 Å². The van der Waals surface area contributed by atoms with Gasteiger partial charge < -0.3 is 15.4 Å². The molecule has 0 radical (unpaired) electrons. The van der Waals surface area contributed by atoms with Gasteiger partial charge in [0.2, 0.25) is 0 Å². The van der Waals surface area contributed by atoms with Crippen LogP contribution in [0.1, 0.15) is 36.4 Å². The van der Waals surface area contributed by atoms with E-state index in [0.717, 1.165) is 49.9 Å². The monoisotopic (exact) mass is 429 g/mol. The molecule has 1 atom stereocenters. The number of hydrogen-bond acceptors (Lipinski definition) is 4. The fourth-order valence-corrected chi connectivity index (χ4v) is 3.92. The third kappa shape index (κ3) is 6.61. The van der Waals surface area contributed by atoms with Crippen LogP contribution in [-0.4, -0.2) is 56.2 Å². The van der Waals surface area contributed by atoms with E-state index in [-0.39, 0.29) is 0 Å². The second-order valence-corrected chi connectivity index (χ2v) is 7.89. The average Bonchev–Trinajstić information content (AvgIpc) is 2.80. The van der Waals surface area contributed by atoms with Crippen molar-refractivity contribution in [2.75, 3.05) is 40.3 Å². The van der Waals surface area contributed by atoms with Crippen molar-refractivity contribution in [1.29, 1.82) is 0 Å². The Labute approximate surface area is 184 Å². The molecule has 1 aromatic heterocycles. The molecule has 0 saturated carbocycles. The predicted octanol–water partition coefficient (Wildman–Crippen LogP) is 3.68. The first kappa shape index (κ1) is 22.4. The lowest BCUT2D eigenvalue weighted by atomic mass is 10.0. The van der Waals surface area contributed by atoms with Crippen molar-refractivity contribution in [3.8, 4) is 5.75 Å². The molecule has 1 fully saturated rings. The maximum Gasteiger partial charge on any atom is 0.191 e. The van der Waals surface area contributed by atoms with Crippen LogP contribution in [0, 0.1) is 0 Å². The fourth-order valence-electron chi connectivity index (χ4n) is 3.81. The van der Waals surface area contributed by atoms with Crippen LogP contribution in [0.15, 0.2) is 47.6 Å². The normalized spacial score (nSPS) is 16.2. The number of likely N-dealkylation sites (tertiary alicyclic amines) is 1. The highest BCUT2D eigenvalue weighted by Gasteiger charge is 2.22. The number of piperidine rings is 1. The summed E-state index contributed by atoms with van der Waals surface area (Å²) in [6.45, 7) is 3.84. The first-order valence-corrected chi connectivity index (χ1v) is 11.0. The summed E-state index contributed by atoms with van der Waals surface area (Å²) in [6, 6.07) is 12.5. The van der Waals surface area contributed by atoms with Crippen molar-refractivity contribution in [3.05, 3.63) is 58.9 Å². The number of nitrogens with zero attached hydrogens (tertiary/aromatic N) is 3. The molecule has 2 N–H and O–H groups in total. The Morgan fingerprint density at radius 1 is 1.13 bits per heavy atom. The van der Waals surface area contributed by atoms with E-state index in [0.29, 0.717) is 11.2 Å². The molecule has 1 saturated heterocycles. The number of methoxy groups -OCH3 is 1. The Kier molecular flexibility index (Phi) is 8.78. The maximum absolute atomic E-state index is 5.85. The fraction of sp³-hybridized carbons (Fsp3) is 0.478. The molecule has 162 valence electrons. The summed E-state index contributed by atoms with van der Waals surface area (Å²) in [5.74, 6) is 1.70. The topological polar surface area (TPSA) is 61.8 Å². The van der Waals surface area contributed by atoms with E-state index in [1.165, 1.54) is 24.8 Å². The molecule has 30 heavy (non-hydrogen) atoms. The Balaban J connectivity index is 1.57. The molecule has 1 aliphatic heterocycles. The minimum Gasteiger partial charge on any atom is -0.497 e. The lowest BCUT2D eigenvalue weighted by Crippen LogP contribution is -2.44. The average molecular weight is 430 g/mol. The smallest absolute Gasteiger partial charge is 0.191 e. The van der Waals surface area contributed by atoms with Gasteiger partial charge in [-0.15, -0.1) is 0 Å². The lowest BCUT2D eigenvalue weighted by molar-refractivity contribution is 0.164.